The molecule has 0 saturated heterocycles. The largest absolute Gasteiger partial charge is 0.274 e. The number of hydrogen-bond donors (Lipinski definition) is 0. The number of thioether (sulfide) groups is 1. The van der Waals surface area contributed by atoms with Crippen molar-refractivity contribution in [2.75, 3.05) is 0 Å². The van der Waals surface area contributed by atoms with E-state index in [0.29, 0.717) is 17.7 Å². The van der Waals surface area contributed by atoms with Crippen LogP contribution in [-0.2, 0) is 12.2 Å². The third-order valence-corrected chi connectivity index (χ3v) is 6.45. The molecule has 8 heteroatoms. The van der Waals surface area contributed by atoms with Crippen LogP contribution < -0.4 is 0 Å². The van der Waals surface area contributed by atoms with E-state index in [0.717, 1.165) is 22.2 Å². The minimum absolute atomic E-state index is 0.144. The van der Waals surface area contributed by atoms with Crippen molar-refractivity contribution in [3.8, 4) is 5.69 Å². The Morgan fingerprint density at radius 3 is 2.62 bits per heavy atom. The van der Waals surface area contributed by atoms with Crippen LogP contribution in [0.25, 0.3) is 5.69 Å². The van der Waals surface area contributed by atoms with Gasteiger partial charge >= 0.3 is 0 Å². The Morgan fingerprint density at radius 2 is 1.90 bits per heavy atom. The number of nitro groups is 1. The van der Waals surface area contributed by atoms with Gasteiger partial charge in [-0.05, 0) is 36.1 Å². The molecule has 29 heavy (non-hydrogen) atoms. The zero-order valence-electron chi connectivity index (χ0n) is 15.7. The molecule has 6 nitrogen and oxygen atoms in total. The molecule has 0 radical (unpaired) electrons. The van der Waals surface area contributed by atoms with Crippen LogP contribution >= 0.6 is 23.1 Å². The molecular weight excluding hydrogens is 404 g/mol. The molecule has 0 N–H and O–H groups in total. The number of nitro benzene ring substituents is 1. The summed E-state index contributed by atoms with van der Waals surface area (Å²) in [7, 11) is 0. The molecule has 4 aromatic rings. The lowest BCUT2D eigenvalue weighted by molar-refractivity contribution is -0.385. The van der Waals surface area contributed by atoms with Crippen molar-refractivity contribution in [2.45, 2.75) is 24.3 Å². The highest BCUT2D eigenvalue weighted by molar-refractivity contribution is 7.98. The lowest BCUT2D eigenvalue weighted by Gasteiger charge is -2.10. The van der Waals surface area contributed by atoms with Crippen LogP contribution in [0.3, 0.4) is 0 Å². The van der Waals surface area contributed by atoms with Gasteiger partial charge in [-0.25, -0.2) is 0 Å². The van der Waals surface area contributed by atoms with Crippen LogP contribution in [0.1, 0.15) is 21.8 Å². The summed E-state index contributed by atoms with van der Waals surface area (Å²) < 4.78 is 2.07. The average Bonchev–Trinajstić information content (AvgIpc) is 3.38. The Labute approximate surface area is 176 Å². The van der Waals surface area contributed by atoms with E-state index in [1.54, 1.807) is 24.3 Å². The Bertz CT molecular complexity index is 1130. The van der Waals surface area contributed by atoms with Gasteiger partial charge in [-0.15, -0.1) is 21.5 Å². The topological polar surface area (TPSA) is 73.8 Å². The zero-order valence-corrected chi connectivity index (χ0v) is 17.3. The predicted octanol–water partition coefficient (Wildman–Crippen LogP) is 5.43. The lowest BCUT2D eigenvalue weighted by atomic mass is 10.1. The first kappa shape index (κ1) is 19.4. The van der Waals surface area contributed by atoms with Gasteiger partial charge in [0.05, 0.1) is 4.92 Å². The number of thiophene rings is 1. The van der Waals surface area contributed by atoms with Gasteiger partial charge in [0.15, 0.2) is 5.16 Å². The molecule has 0 saturated carbocycles. The van der Waals surface area contributed by atoms with Crippen molar-refractivity contribution >= 4 is 28.8 Å². The summed E-state index contributed by atoms with van der Waals surface area (Å²) in [5.74, 6) is 1.45. The quantitative estimate of drug-likeness (QED) is 0.226. The van der Waals surface area contributed by atoms with Gasteiger partial charge in [-0.2, -0.15) is 0 Å². The van der Waals surface area contributed by atoms with Crippen molar-refractivity contribution in [1.82, 2.24) is 14.8 Å². The second-order valence-electron chi connectivity index (χ2n) is 6.43. The van der Waals surface area contributed by atoms with E-state index >= 15 is 0 Å². The summed E-state index contributed by atoms with van der Waals surface area (Å²) in [6, 6.07) is 19.3. The van der Waals surface area contributed by atoms with Crippen molar-refractivity contribution in [2.24, 2.45) is 0 Å². The van der Waals surface area contributed by atoms with Gasteiger partial charge in [0.1, 0.15) is 5.82 Å². The molecule has 0 amide bonds. The molecule has 0 aliphatic rings. The SMILES string of the molecule is Cc1c(CSc2nnc(Cc3cccs3)n2-c2ccccc2)cccc1[N+](=O)[O-]. The summed E-state index contributed by atoms with van der Waals surface area (Å²) in [4.78, 5) is 12.1. The number of para-hydroxylation sites is 1. The number of benzene rings is 2. The number of nitrogens with zero attached hydrogens (tertiary/aromatic N) is 4. The van der Waals surface area contributed by atoms with Crippen LogP contribution in [0, 0.1) is 17.0 Å². The van der Waals surface area contributed by atoms with Crippen molar-refractivity contribution in [1.29, 1.82) is 0 Å². The first-order chi connectivity index (χ1) is 14.1. The van der Waals surface area contributed by atoms with Gasteiger partial charge in [-0.3, -0.25) is 14.7 Å². The molecule has 2 aromatic carbocycles. The molecule has 0 unspecified atom stereocenters. The Hall–Kier alpha value is -2.97. The molecular formula is C21H18N4O2S2. The van der Waals surface area contributed by atoms with E-state index in [9.17, 15) is 10.1 Å². The minimum Gasteiger partial charge on any atom is -0.274 e. The Balaban J connectivity index is 1.65. The maximum Gasteiger partial charge on any atom is 0.272 e. The standard InChI is InChI=1S/C21H18N4O2S2/c1-15-16(7-5-11-19(15)25(26)27)14-29-21-23-22-20(13-18-10-6-12-28-18)24(21)17-8-3-2-4-9-17/h2-12H,13-14H2,1H3. The van der Waals surface area contributed by atoms with Gasteiger partial charge in [0.2, 0.25) is 0 Å². The van der Waals surface area contributed by atoms with E-state index < -0.39 is 0 Å². The number of aromatic nitrogens is 3. The second-order valence-corrected chi connectivity index (χ2v) is 8.41. The molecule has 0 aliphatic carbocycles. The molecule has 146 valence electrons. The van der Waals surface area contributed by atoms with Crippen molar-refractivity contribution in [3.05, 3.63) is 98.0 Å². The fraction of sp³-hybridized carbons (Fsp3) is 0.143. The summed E-state index contributed by atoms with van der Waals surface area (Å²) >= 11 is 3.23. The highest BCUT2D eigenvalue weighted by atomic mass is 32.2. The fourth-order valence-electron chi connectivity index (χ4n) is 3.08. The third-order valence-electron chi connectivity index (χ3n) is 4.60. The van der Waals surface area contributed by atoms with Gasteiger partial charge in [0.25, 0.3) is 5.69 Å². The number of hydrogen-bond acceptors (Lipinski definition) is 6. The summed E-state index contributed by atoms with van der Waals surface area (Å²) in [6.07, 6.45) is 0.704. The molecule has 4 rings (SSSR count). The molecule has 0 bridgehead atoms. The monoisotopic (exact) mass is 422 g/mol. The normalized spacial score (nSPS) is 10.9. The minimum atomic E-state index is -0.338. The van der Waals surface area contributed by atoms with E-state index in [-0.39, 0.29) is 10.6 Å². The average molecular weight is 423 g/mol. The lowest BCUT2D eigenvalue weighted by Crippen LogP contribution is -2.03. The second kappa shape index (κ2) is 8.59. The molecule has 2 aromatic heterocycles. The van der Waals surface area contributed by atoms with Crippen LogP contribution in [0.4, 0.5) is 5.69 Å². The summed E-state index contributed by atoms with van der Waals surface area (Å²) in [6.45, 7) is 1.79. The van der Waals surface area contributed by atoms with E-state index in [2.05, 4.69) is 26.2 Å². The predicted molar refractivity (Wildman–Crippen MR) is 116 cm³/mol. The van der Waals surface area contributed by atoms with Crippen LogP contribution in [0.5, 0.6) is 0 Å². The molecule has 0 fully saturated rings. The zero-order chi connectivity index (χ0) is 20.2. The summed E-state index contributed by atoms with van der Waals surface area (Å²) in [5, 5.41) is 22.9. The highest BCUT2D eigenvalue weighted by Gasteiger charge is 2.17. The molecule has 0 spiro atoms. The maximum atomic E-state index is 11.2. The molecule has 0 aliphatic heterocycles. The van der Waals surface area contributed by atoms with Crippen LogP contribution in [0.15, 0.2) is 71.2 Å². The van der Waals surface area contributed by atoms with Crippen LogP contribution in [-0.4, -0.2) is 19.7 Å². The number of rotatable bonds is 7. The maximum absolute atomic E-state index is 11.2. The molecule has 2 heterocycles. The first-order valence-corrected chi connectivity index (χ1v) is 10.9. The smallest absolute Gasteiger partial charge is 0.272 e. The van der Waals surface area contributed by atoms with E-state index in [1.165, 1.54) is 22.7 Å². The molecule has 0 atom stereocenters. The Morgan fingerprint density at radius 1 is 1.07 bits per heavy atom. The summed E-state index contributed by atoms with van der Waals surface area (Å²) in [5.41, 5.74) is 2.76. The highest BCUT2D eigenvalue weighted by Crippen LogP contribution is 2.30. The van der Waals surface area contributed by atoms with E-state index in [4.69, 9.17) is 0 Å². The van der Waals surface area contributed by atoms with Gasteiger partial charge in [-0.1, -0.05) is 48.2 Å². The first-order valence-electron chi connectivity index (χ1n) is 9.01. The van der Waals surface area contributed by atoms with Crippen molar-refractivity contribution < 1.29 is 4.92 Å². The third kappa shape index (κ3) is 4.23. The van der Waals surface area contributed by atoms with Crippen molar-refractivity contribution in [3.63, 3.8) is 0 Å². The van der Waals surface area contributed by atoms with E-state index in [1.807, 2.05) is 42.5 Å². The van der Waals surface area contributed by atoms with Gasteiger partial charge < -0.3 is 0 Å². The van der Waals surface area contributed by atoms with Gasteiger partial charge in [0, 0.05) is 34.4 Å². The fourth-order valence-corrected chi connectivity index (χ4v) is 4.82. The van der Waals surface area contributed by atoms with Crippen LogP contribution in [0.2, 0.25) is 0 Å². The Kier molecular flexibility index (Phi) is 5.73.